The number of nitrogens with two attached hydrogens (primary N) is 2. The number of rotatable bonds is 8. The molecule has 176 valence electrons. The molecule has 1 aromatic heterocycles. The number of primary amides is 1. The summed E-state index contributed by atoms with van der Waals surface area (Å²) in [5.41, 5.74) is 13.6. The van der Waals surface area contributed by atoms with Crippen molar-refractivity contribution in [3.05, 3.63) is 113 Å². The number of nitrogens with zero attached hydrogens (tertiary/aromatic N) is 1. The smallest absolute Gasteiger partial charge is 0.254 e. The second kappa shape index (κ2) is 10.0. The van der Waals surface area contributed by atoms with Crippen LogP contribution in [0.25, 0.3) is 11.3 Å². The van der Waals surface area contributed by atoms with Crippen LogP contribution in [-0.4, -0.2) is 27.6 Å². The molecule has 0 radical (unpaired) electrons. The molecule has 0 aliphatic carbocycles. The average Bonchev–Trinajstić information content (AvgIpc) is 3.34. The maximum atomic E-state index is 14.5. The zero-order valence-corrected chi connectivity index (χ0v) is 18.6. The fourth-order valence-corrected chi connectivity index (χ4v) is 3.64. The minimum absolute atomic E-state index is 0.0219. The predicted octanol–water partition coefficient (Wildman–Crippen LogP) is 3.31. The van der Waals surface area contributed by atoms with Crippen molar-refractivity contribution < 1.29 is 14.0 Å². The number of aromatic amines is 1. The Balaban J connectivity index is 1.62. The van der Waals surface area contributed by atoms with Gasteiger partial charge in [0.1, 0.15) is 17.5 Å². The van der Waals surface area contributed by atoms with Crippen LogP contribution in [0.5, 0.6) is 0 Å². The van der Waals surface area contributed by atoms with Crippen molar-refractivity contribution in [3.8, 4) is 11.3 Å². The van der Waals surface area contributed by atoms with E-state index in [0.29, 0.717) is 23.5 Å². The first-order valence-electron chi connectivity index (χ1n) is 10.8. The van der Waals surface area contributed by atoms with E-state index in [2.05, 4.69) is 15.3 Å². The fraction of sp³-hybridized carbons (Fsp3) is 0.0769. The highest BCUT2D eigenvalue weighted by atomic mass is 19.1. The number of hydrogen-bond acceptors (Lipinski definition) is 4. The zero-order valence-electron chi connectivity index (χ0n) is 18.6. The molecule has 4 aromatic rings. The summed E-state index contributed by atoms with van der Waals surface area (Å²) >= 11 is 0. The molecule has 0 fully saturated rings. The molecule has 4 rings (SSSR count). The highest BCUT2D eigenvalue weighted by molar-refractivity contribution is 5.97. The first-order valence-corrected chi connectivity index (χ1v) is 10.8. The standard InChI is InChI=1S/C26H23FN6O2/c27-20-13-18(24(30)34)10-11-19(20)26(35)33-21(12-15-4-2-1-3-5-15)25-31-14-22(32-25)16-6-8-17(9-7-16)23(28)29/h1-11,13-14,21H,12H2,(H3,28,29)(H2,30,34)(H,31,32)(H,33,35)/t21-/m0/s1. The highest BCUT2D eigenvalue weighted by Gasteiger charge is 2.22. The molecular weight excluding hydrogens is 447 g/mol. The van der Waals surface area contributed by atoms with Crippen LogP contribution in [0.2, 0.25) is 0 Å². The molecule has 1 heterocycles. The van der Waals surface area contributed by atoms with Crippen molar-refractivity contribution in [2.45, 2.75) is 12.5 Å². The maximum Gasteiger partial charge on any atom is 0.254 e. The van der Waals surface area contributed by atoms with Gasteiger partial charge in [-0.25, -0.2) is 9.37 Å². The van der Waals surface area contributed by atoms with E-state index in [9.17, 15) is 14.0 Å². The monoisotopic (exact) mass is 470 g/mol. The Morgan fingerprint density at radius 1 is 1.00 bits per heavy atom. The van der Waals surface area contributed by atoms with Gasteiger partial charge in [-0.1, -0.05) is 54.6 Å². The SMILES string of the molecule is N=C(N)c1ccc(-c2cnc([C@H](Cc3ccccc3)NC(=O)c3ccc(C(N)=O)cc3F)[nH]2)cc1. The van der Waals surface area contributed by atoms with Crippen molar-refractivity contribution in [2.24, 2.45) is 11.5 Å². The number of nitrogen functional groups attached to an aromatic ring is 1. The molecule has 0 bridgehead atoms. The van der Waals surface area contributed by atoms with Crippen LogP contribution in [-0.2, 0) is 6.42 Å². The summed E-state index contributed by atoms with van der Waals surface area (Å²) in [6.07, 6.45) is 2.05. The summed E-state index contributed by atoms with van der Waals surface area (Å²) in [7, 11) is 0. The van der Waals surface area contributed by atoms with Gasteiger partial charge in [0, 0.05) is 11.1 Å². The Bertz CT molecular complexity index is 1380. The van der Waals surface area contributed by atoms with E-state index in [4.69, 9.17) is 16.9 Å². The third kappa shape index (κ3) is 5.41. The maximum absolute atomic E-state index is 14.5. The van der Waals surface area contributed by atoms with Gasteiger partial charge >= 0.3 is 0 Å². The molecule has 0 spiro atoms. The number of halogens is 1. The number of aromatic nitrogens is 2. The molecule has 2 amide bonds. The Hall–Kier alpha value is -4.79. The molecule has 8 nitrogen and oxygen atoms in total. The quantitative estimate of drug-likeness (QED) is 0.198. The van der Waals surface area contributed by atoms with E-state index in [-0.39, 0.29) is 17.0 Å². The lowest BCUT2D eigenvalue weighted by Gasteiger charge is -2.17. The van der Waals surface area contributed by atoms with Gasteiger partial charge < -0.3 is 21.8 Å². The van der Waals surface area contributed by atoms with Crippen molar-refractivity contribution in [1.82, 2.24) is 15.3 Å². The minimum atomic E-state index is -0.844. The predicted molar refractivity (Wildman–Crippen MR) is 130 cm³/mol. The molecule has 9 heteroatoms. The normalized spacial score (nSPS) is 11.6. The first-order chi connectivity index (χ1) is 16.8. The largest absolute Gasteiger partial charge is 0.384 e. The van der Waals surface area contributed by atoms with Crippen molar-refractivity contribution >= 4 is 17.6 Å². The molecule has 0 aliphatic heterocycles. The Kier molecular flexibility index (Phi) is 6.68. The van der Waals surface area contributed by atoms with Crippen LogP contribution in [0.15, 0.2) is 79.0 Å². The van der Waals surface area contributed by atoms with Crippen molar-refractivity contribution in [2.75, 3.05) is 0 Å². The van der Waals surface area contributed by atoms with E-state index < -0.39 is 23.7 Å². The second-order valence-corrected chi connectivity index (χ2v) is 7.95. The number of benzene rings is 3. The third-order valence-corrected chi connectivity index (χ3v) is 5.52. The summed E-state index contributed by atoms with van der Waals surface area (Å²) < 4.78 is 14.5. The van der Waals surface area contributed by atoms with Crippen LogP contribution in [0.3, 0.4) is 0 Å². The summed E-state index contributed by atoms with van der Waals surface area (Å²) in [6.45, 7) is 0. The van der Waals surface area contributed by atoms with Crippen molar-refractivity contribution in [3.63, 3.8) is 0 Å². The van der Waals surface area contributed by atoms with E-state index in [1.165, 1.54) is 12.1 Å². The number of carbonyl (C=O) groups excluding carboxylic acids is 2. The zero-order chi connectivity index (χ0) is 24.9. The number of carbonyl (C=O) groups is 2. The van der Waals surface area contributed by atoms with E-state index in [0.717, 1.165) is 17.2 Å². The van der Waals surface area contributed by atoms with Gasteiger partial charge in [0.15, 0.2) is 0 Å². The number of nitrogens with one attached hydrogen (secondary N) is 3. The van der Waals surface area contributed by atoms with Gasteiger partial charge in [0.25, 0.3) is 5.91 Å². The third-order valence-electron chi connectivity index (χ3n) is 5.52. The van der Waals surface area contributed by atoms with E-state index in [1.54, 1.807) is 18.3 Å². The molecule has 0 saturated heterocycles. The lowest BCUT2D eigenvalue weighted by molar-refractivity contribution is 0.0928. The molecule has 7 N–H and O–H groups in total. The van der Waals surface area contributed by atoms with Gasteiger partial charge in [0.2, 0.25) is 5.91 Å². The molecular formula is C26H23FN6O2. The van der Waals surface area contributed by atoms with Gasteiger partial charge in [-0.05, 0) is 35.7 Å². The fourth-order valence-electron chi connectivity index (χ4n) is 3.64. The second-order valence-electron chi connectivity index (χ2n) is 7.95. The summed E-state index contributed by atoms with van der Waals surface area (Å²) in [5.74, 6) is -1.81. The molecule has 0 saturated carbocycles. The lowest BCUT2D eigenvalue weighted by atomic mass is 10.0. The lowest BCUT2D eigenvalue weighted by Crippen LogP contribution is -2.31. The van der Waals surface area contributed by atoms with Crippen molar-refractivity contribution in [1.29, 1.82) is 5.41 Å². The van der Waals surface area contributed by atoms with Crippen LogP contribution in [0.4, 0.5) is 4.39 Å². The number of H-pyrrole nitrogens is 1. The Labute approximate surface area is 200 Å². The Morgan fingerprint density at radius 2 is 1.69 bits per heavy atom. The topological polar surface area (TPSA) is 151 Å². The molecule has 35 heavy (non-hydrogen) atoms. The van der Waals surface area contributed by atoms with Gasteiger partial charge in [-0.3, -0.25) is 15.0 Å². The number of amidine groups is 1. The van der Waals surface area contributed by atoms with Crippen LogP contribution >= 0.6 is 0 Å². The first kappa shape index (κ1) is 23.4. The summed E-state index contributed by atoms with van der Waals surface area (Å²) in [5, 5.41) is 10.4. The number of amides is 2. The summed E-state index contributed by atoms with van der Waals surface area (Å²) in [6, 6.07) is 19.5. The Morgan fingerprint density at radius 3 is 2.31 bits per heavy atom. The molecule has 0 aliphatic rings. The highest BCUT2D eigenvalue weighted by Crippen LogP contribution is 2.23. The van der Waals surface area contributed by atoms with Crippen LogP contribution < -0.4 is 16.8 Å². The molecule has 3 aromatic carbocycles. The number of imidazole rings is 1. The van der Waals surface area contributed by atoms with Gasteiger partial charge in [-0.2, -0.15) is 0 Å². The molecule has 0 unspecified atom stereocenters. The van der Waals surface area contributed by atoms with Crippen LogP contribution in [0.1, 0.15) is 43.7 Å². The summed E-state index contributed by atoms with van der Waals surface area (Å²) in [4.78, 5) is 31.9. The molecule has 1 atom stereocenters. The van der Waals surface area contributed by atoms with Gasteiger partial charge in [-0.15, -0.1) is 0 Å². The van der Waals surface area contributed by atoms with Gasteiger partial charge in [0.05, 0.1) is 23.5 Å². The minimum Gasteiger partial charge on any atom is -0.384 e. The van der Waals surface area contributed by atoms with Crippen LogP contribution in [0, 0.1) is 11.2 Å². The number of hydrogen-bond donors (Lipinski definition) is 5. The average molecular weight is 471 g/mol. The van der Waals surface area contributed by atoms with E-state index >= 15 is 0 Å². The van der Waals surface area contributed by atoms with E-state index in [1.807, 2.05) is 42.5 Å².